The number of methoxy groups -OCH3 is 2. The van der Waals surface area contributed by atoms with Gasteiger partial charge in [0.15, 0.2) is 24.5 Å². The third kappa shape index (κ3) is 11.8. The van der Waals surface area contributed by atoms with E-state index in [1.165, 1.54) is 35.0 Å². The topological polar surface area (TPSA) is 212 Å². The normalized spacial score (nSPS) is 44.7. The van der Waals surface area contributed by atoms with Gasteiger partial charge in [-0.1, -0.05) is 34.6 Å². The molecule has 336 valence electrons. The van der Waals surface area contributed by atoms with Crippen molar-refractivity contribution in [2.75, 3.05) is 14.2 Å². The predicted octanol–water partition coefficient (Wildman–Crippen LogP) is 3.50. The first kappa shape index (κ1) is 50.1. The van der Waals surface area contributed by atoms with Crippen LogP contribution < -0.4 is 0 Å². The Morgan fingerprint density at radius 1 is 0.828 bits per heavy atom. The molecule has 0 radical (unpaired) electrons. The molecule has 0 aromatic rings. The first-order valence-electron chi connectivity index (χ1n) is 20.7. The van der Waals surface area contributed by atoms with E-state index in [9.17, 15) is 34.5 Å². The molecular weight excluding hydrogens is 760 g/mol. The van der Waals surface area contributed by atoms with Gasteiger partial charge in [0.05, 0.1) is 48.5 Å². The quantitative estimate of drug-likeness (QED) is 0.212. The number of rotatable bonds is 10. The highest BCUT2D eigenvalue weighted by Gasteiger charge is 2.53. The van der Waals surface area contributed by atoms with Crippen molar-refractivity contribution in [3.63, 3.8) is 0 Å². The second-order valence-corrected chi connectivity index (χ2v) is 17.7. The van der Waals surface area contributed by atoms with E-state index in [0.29, 0.717) is 6.42 Å². The Bertz CT molecular complexity index is 1390. The smallest absolute Gasteiger partial charge is 0.311 e. The van der Waals surface area contributed by atoms with E-state index in [-0.39, 0.29) is 18.9 Å². The highest BCUT2D eigenvalue weighted by atomic mass is 16.7. The van der Waals surface area contributed by atoms with Gasteiger partial charge in [-0.3, -0.25) is 19.2 Å². The molecule has 0 aliphatic carbocycles. The van der Waals surface area contributed by atoms with Gasteiger partial charge in [0.1, 0.15) is 29.5 Å². The Kier molecular flexibility index (Phi) is 17.7. The standard InChI is InChI=1S/C42H72O16/c1-19-17-41(12,49)37(47)24(6)35(54-28(10)44)23(5)34(21(3)26(8)43)57-39(48)25(7)36(22(4)33(19)58-40-32(46)30(50-14)16-20(2)52-40)56-31-18-42(13,51-15)38(27(9)53-31)55-29(11)45/h19-27,30-36,38,40,43,46,49H,16-18H2,1-15H3/t19-,20+,21-,22+,23?,24+,25+,26-,27-,30-,31-,32+,33?,34+,35-,36-,38+,40-,41-,42+/m0/s1. The zero-order chi connectivity index (χ0) is 44.2. The van der Waals surface area contributed by atoms with Gasteiger partial charge in [0.25, 0.3) is 0 Å². The molecule has 3 aliphatic heterocycles. The Labute approximate surface area is 344 Å². The van der Waals surface area contributed by atoms with Crippen molar-refractivity contribution in [3.8, 4) is 0 Å². The van der Waals surface area contributed by atoms with Crippen LogP contribution in [0.3, 0.4) is 0 Å². The van der Waals surface area contributed by atoms with Gasteiger partial charge in [-0.25, -0.2) is 0 Å². The number of hydrogen-bond acceptors (Lipinski definition) is 16. The molecule has 0 bridgehead atoms. The Hall–Kier alpha value is -2.28. The maximum absolute atomic E-state index is 14.6. The lowest BCUT2D eigenvalue weighted by molar-refractivity contribution is -0.313. The van der Waals surface area contributed by atoms with Crippen LogP contribution in [0.1, 0.15) is 109 Å². The third-order valence-electron chi connectivity index (χ3n) is 12.7. The molecule has 0 aromatic heterocycles. The Balaban J connectivity index is 2.24. The molecule has 0 spiro atoms. The zero-order valence-corrected chi connectivity index (χ0v) is 37.2. The second-order valence-electron chi connectivity index (χ2n) is 17.7. The van der Waals surface area contributed by atoms with Crippen molar-refractivity contribution >= 4 is 23.7 Å². The number of hydrogen-bond donors (Lipinski definition) is 3. The monoisotopic (exact) mass is 832 g/mol. The maximum atomic E-state index is 14.6. The highest BCUT2D eigenvalue weighted by Crippen LogP contribution is 2.41. The minimum atomic E-state index is -1.99. The summed E-state index contributed by atoms with van der Waals surface area (Å²) in [6, 6.07) is 0. The first-order valence-corrected chi connectivity index (χ1v) is 20.7. The van der Waals surface area contributed by atoms with Crippen molar-refractivity contribution in [2.24, 2.45) is 35.5 Å². The molecule has 20 atom stereocenters. The lowest BCUT2D eigenvalue weighted by atomic mass is 9.74. The number of Topliss-reactive ketones (excluding diaryl/α,β-unsaturated/α-hetero) is 1. The van der Waals surface area contributed by atoms with Crippen LogP contribution >= 0.6 is 0 Å². The molecular formula is C42H72O16. The second kappa shape index (κ2) is 20.5. The van der Waals surface area contributed by atoms with Crippen molar-refractivity contribution < 1.29 is 77.1 Å². The number of carbonyl (C=O) groups excluding carboxylic acids is 4. The summed E-state index contributed by atoms with van der Waals surface area (Å²) in [5.74, 6) is -7.59. The lowest BCUT2D eigenvalue weighted by Crippen LogP contribution is -2.59. The summed E-state index contributed by atoms with van der Waals surface area (Å²) < 4.78 is 55.0. The minimum Gasteiger partial charge on any atom is -0.461 e. The van der Waals surface area contributed by atoms with Gasteiger partial charge < -0.3 is 58.0 Å². The fourth-order valence-corrected chi connectivity index (χ4v) is 9.20. The van der Waals surface area contributed by atoms with Crippen molar-refractivity contribution in [1.82, 2.24) is 0 Å². The average Bonchev–Trinajstić information content (AvgIpc) is 3.13. The zero-order valence-electron chi connectivity index (χ0n) is 37.2. The third-order valence-corrected chi connectivity index (χ3v) is 12.7. The van der Waals surface area contributed by atoms with Crippen molar-refractivity contribution in [1.29, 1.82) is 0 Å². The summed E-state index contributed by atoms with van der Waals surface area (Å²) in [4.78, 5) is 53.5. The summed E-state index contributed by atoms with van der Waals surface area (Å²) in [7, 11) is 2.98. The fraction of sp³-hybridized carbons (Fsp3) is 0.905. The molecule has 2 unspecified atom stereocenters. The fourth-order valence-electron chi connectivity index (χ4n) is 9.20. The summed E-state index contributed by atoms with van der Waals surface area (Å²) >= 11 is 0. The van der Waals surface area contributed by atoms with Crippen molar-refractivity contribution in [3.05, 3.63) is 0 Å². The molecule has 0 amide bonds. The molecule has 58 heavy (non-hydrogen) atoms. The van der Waals surface area contributed by atoms with Gasteiger partial charge >= 0.3 is 17.9 Å². The molecule has 3 fully saturated rings. The van der Waals surface area contributed by atoms with Gasteiger partial charge in [-0.05, 0) is 53.9 Å². The van der Waals surface area contributed by atoms with Crippen LogP contribution in [0, 0.1) is 35.5 Å². The van der Waals surface area contributed by atoms with Gasteiger partial charge in [-0.2, -0.15) is 0 Å². The number of ketones is 1. The van der Waals surface area contributed by atoms with E-state index in [2.05, 4.69) is 0 Å². The van der Waals surface area contributed by atoms with Crippen LogP contribution in [0.15, 0.2) is 0 Å². The number of cyclic esters (lactones) is 1. The van der Waals surface area contributed by atoms with E-state index >= 15 is 0 Å². The number of esters is 3. The SMILES string of the molecule is CO[C@H]1C[C@@H](C)O[C@@H](OC2[C@@H](C)[C@H](O[C@H]3C[C@@](C)(OC)[C@H](OC(C)=O)[C@H](C)O3)[C@@H](C)C(=O)O[C@H]([C@@H](C)[C@H](C)O)C(C)[C@H](OC(C)=O)[C@@H](C)C(=O)[C@@](C)(O)C[C@@H]2C)[C@@H]1O. The maximum Gasteiger partial charge on any atom is 0.311 e. The summed E-state index contributed by atoms with van der Waals surface area (Å²) in [6.45, 7) is 20.9. The molecule has 16 nitrogen and oxygen atoms in total. The summed E-state index contributed by atoms with van der Waals surface area (Å²) in [5, 5.41) is 34.2. The highest BCUT2D eigenvalue weighted by molar-refractivity contribution is 5.89. The number of ether oxygens (including phenoxy) is 9. The van der Waals surface area contributed by atoms with Gasteiger partial charge in [-0.15, -0.1) is 0 Å². The molecule has 3 saturated heterocycles. The van der Waals surface area contributed by atoms with E-state index in [1.807, 2.05) is 6.92 Å². The lowest BCUT2D eigenvalue weighted by Gasteiger charge is -2.48. The number of aliphatic hydroxyl groups is 3. The van der Waals surface area contributed by atoms with Crippen molar-refractivity contribution in [2.45, 2.75) is 194 Å². The molecule has 3 rings (SSSR count). The van der Waals surface area contributed by atoms with Crippen LogP contribution in [-0.4, -0.2) is 138 Å². The van der Waals surface area contributed by atoms with Gasteiger partial charge in [0, 0.05) is 58.7 Å². The van der Waals surface area contributed by atoms with Crippen LogP contribution in [0.5, 0.6) is 0 Å². The number of aliphatic hydroxyl groups excluding tert-OH is 2. The molecule has 3 N–H and O–H groups in total. The Morgan fingerprint density at radius 3 is 1.97 bits per heavy atom. The predicted molar refractivity (Wildman–Crippen MR) is 208 cm³/mol. The summed E-state index contributed by atoms with van der Waals surface area (Å²) in [6.07, 6.45) is -10.8. The Morgan fingerprint density at radius 2 is 1.43 bits per heavy atom. The number of carbonyl (C=O) groups is 4. The van der Waals surface area contributed by atoms with Crippen LogP contribution in [0.2, 0.25) is 0 Å². The molecule has 3 heterocycles. The van der Waals surface area contributed by atoms with E-state index in [0.717, 1.165) is 0 Å². The van der Waals surface area contributed by atoms with Crippen LogP contribution in [-0.2, 0) is 61.8 Å². The molecule has 3 aliphatic rings. The average molecular weight is 833 g/mol. The van der Waals surface area contributed by atoms with Gasteiger partial charge in [0.2, 0.25) is 0 Å². The van der Waals surface area contributed by atoms with Crippen LogP contribution in [0.25, 0.3) is 0 Å². The molecule has 16 heteroatoms. The minimum absolute atomic E-state index is 0.0826. The summed E-state index contributed by atoms with van der Waals surface area (Å²) in [5.41, 5.74) is -3.06. The van der Waals surface area contributed by atoms with E-state index in [4.69, 9.17) is 42.6 Å². The van der Waals surface area contributed by atoms with E-state index in [1.54, 1.807) is 62.3 Å². The van der Waals surface area contributed by atoms with E-state index < -0.39 is 138 Å². The largest absolute Gasteiger partial charge is 0.461 e. The van der Waals surface area contributed by atoms with Crippen LogP contribution in [0.4, 0.5) is 0 Å². The molecule has 0 saturated carbocycles. The first-order chi connectivity index (χ1) is 26.8. The molecule has 0 aromatic carbocycles.